The van der Waals surface area contributed by atoms with E-state index in [9.17, 15) is 4.79 Å². The Morgan fingerprint density at radius 3 is 2.83 bits per heavy atom. The van der Waals surface area contributed by atoms with Crippen LogP contribution in [0.15, 0.2) is 18.5 Å². The lowest BCUT2D eigenvalue weighted by atomic mass is 10.1. The van der Waals surface area contributed by atoms with Gasteiger partial charge in [-0.05, 0) is 12.5 Å². The lowest BCUT2D eigenvalue weighted by Crippen LogP contribution is -2.38. The maximum atomic E-state index is 11.7. The molecule has 1 aliphatic rings. The molecule has 4 nitrogen and oxygen atoms in total. The van der Waals surface area contributed by atoms with Crippen LogP contribution in [0.4, 0.5) is 0 Å². The Bertz CT molecular complexity index is 381. The lowest BCUT2D eigenvalue weighted by Gasteiger charge is -2.26. The summed E-state index contributed by atoms with van der Waals surface area (Å²) in [6.07, 6.45) is 5.53. The highest BCUT2D eigenvalue weighted by atomic mass is 16.5. The number of hydrogen-bond acceptors (Lipinski definition) is 3. The van der Waals surface area contributed by atoms with Gasteiger partial charge >= 0.3 is 0 Å². The highest BCUT2D eigenvalue weighted by molar-refractivity contribution is 5.95. The quantitative estimate of drug-likeness (QED) is 0.722. The van der Waals surface area contributed by atoms with Crippen LogP contribution in [0, 0.1) is 0 Å². The largest absolute Gasteiger partial charge is 0.379 e. The molecule has 0 aliphatic carbocycles. The maximum absolute atomic E-state index is 11.7. The first-order valence-corrected chi connectivity index (χ1v) is 6.78. The molecule has 0 amide bonds. The molecule has 0 bridgehead atoms. The molecule has 0 N–H and O–H groups in total. The minimum atomic E-state index is 0.252. The van der Waals surface area contributed by atoms with E-state index >= 15 is 0 Å². The number of nitrogens with zero attached hydrogens (tertiary/aromatic N) is 2. The van der Waals surface area contributed by atoms with E-state index in [2.05, 4.69) is 9.47 Å². The molecule has 0 radical (unpaired) electrons. The molecule has 0 saturated carbocycles. The zero-order valence-electron chi connectivity index (χ0n) is 11.1. The molecule has 0 unspecified atom stereocenters. The molecule has 1 aliphatic heterocycles. The molecule has 2 rings (SSSR count). The van der Waals surface area contributed by atoms with Gasteiger partial charge in [0, 0.05) is 50.6 Å². The fraction of sp³-hybridized carbons (Fsp3) is 0.643. The van der Waals surface area contributed by atoms with Crippen molar-refractivity contribution in [2.45, 2.75) is 26.3 Å². The van der Waals surface area contributed by atoms with Gasteiger partial charge in [-0.2, -0.15) is 0 Å². The minimum absolute atomic E-state index is 0.252. The third-order valence-electron chi connectivity index (χ3n) is 3.33. The minimum Gasteiger partial charge on any atom is -0.379 e. The fourth-order valence-electron chi connectivity index (χ4n) is 2.20. The van der Waals surface area contributed by atoms with Gasteiger partial charge in [-0.1, -0.05) is 6.92 Å². The van der Waals surface area contributed by atoms with Gasteiger partial charge < -0.3 is 9.30 Å². The van der Waals surface area contributed by atoms with E-state index in [-0.39, 0.29) is 5.78 Å². The van der Waals surface area contributed by atoms with Crippen molar-refractivity contribution >= 4 is 5.78 Å². The van der Waals surface area contributed by atoms with Gasteiger partial charge in [-0.25, -0.2) is 0 Å². The topological polar surface area (TPSA) is 34.5 Å². The van der Waals surface area contributed by atoms with Crippen LogP contribution in [0.5, 0.6) is 0 Å². The maximum Gasteiger partial charge on any atom is 0.164 e. The standard InChI is InChI=1S/C14H22N2O2/c1-2-3-14(17)13-4-5-16(12-13)7-6-15-8-10-18-11-9-15/h4-5,12H,2-3,6-11H2,1H3. The predicted octanol–water partition coefficient (Wildman–Crippen LogP) is 1.80. The summed E-state index contributed by atoms with van der Waals surface area (Å²) in [5.74, 6) is 0.252. The monoisotopic (exact) mass is 250 g/mol. The number of aromatic nitrogens is 1. The summed E-state index contributed by atoms with van der Waals surface area (Å²) in [7, 11) is 0. The van der Waals surface area contributed by atoms with E-state index in [0.29, 0.717) is 6.42 Å². The molecule has 1 aromatic heterocycles. The molecule has 1 saturated heterocycles. The number of Topliss-reactive ketones (excluding diaryl/α,β-unsaturated/α-hetero) is 1. The van der Waals surface area contributed by atoms with Crippen LogP contribution < -0.4 is 0 Å². The number of ketones is 1. The number of rotatable bonds is 6. The van der Waals surface area contributed by atoms with Gasteiger partial charge in [0.15, 0.2) is 5.78 Å². The Morgan fingerprint density at radius 1 is 1.33 bits per heavy atom. The van der Waals surface area contributed by atoms with Crippen molar-refractivity contribution in [3.05, 3.63) is 24.0 Å². The predicted molar refractivity (Wildman–Crippen MR) is 70.9 cm³/mol. The van der Waals surface area contributed by atoms with E-state index in [0.717, 1.165) is 51.4 Å². The van der Waals surface area contributed by atoms with E-state index in [1.54, 1.807) is 0 Å². The summed E-state index contributed by atoms with van der Waals surface area (Å²) in [6, 6.07) is 1.93. The van der Waals surface area contributed by atoms with Crippen molar-refractivity contribution in [1.29, 1.82) is 0 Å². The molecule has 0 spiro atoms. The first-order chi connectivity index (χ1) is 8.79. The van der Waals surface area contributed by atoms with E-state index in [4.69, 9.17) is 4.74 Å². The van der Waals surface area contributed by atoms with Crippen molar-refractivity contribution < 1.29 is 9.53 Å². The number of morpholine rings is 1. The molecular formula is C14H22N2O2. The first kappa shape index (κ1) is 13.3. The average Bonchev–Trinajstić information content (AvgIpc) is 2.87. The number of carbonyl (C=O) groups is 1. The molecule has 100 valence electrons. The second kappa shape index (κ2) is 6.71. The zero-order valence-corrected chi connectivity index (χ0v) is 11.1. The van der Waals surface area contributed by atoms with Gasteiger partial charge in [-0.3, -0.25) is 9.69 Å². The SMILES string of the molecule is CCCC(=O)c1ccn(CCN2CCOCC2)c1. The Hall–Kier alpha value is -1.13. The smallest absolute Gasteiger partial charge is 0.164 e. The summed E-state index contributed by atoms with van der Waals surface area (Å²) >= 11 is 0. The Morgan fingerprint density at radius 2 is 2.11 bits per heavy atom. The van der Waals surface area contributed by atoms with E-state index in [1.807, 2.05) is 25.4 Å². The average molecular weight is 250 g/mol. The molecule has 0 aromatic carbocycles. The van der Waals surface area contributed by atoms with Gasteiger partial charge in [0.1, 0.15) is 0 Å². The van der Waals surface area contributed by atoms with Gasteiger partial charge in [0.05, 0.1) is 13.2 Å². The summed E-state index contributed by atoms with van der Waals surface area (Å²) < 4.78 is 7.43. The van der Waals surface area contributed by atoms with Crippen LogP contribution in [-0.4, -0.2) is 48.1 Å². The van der Waals surface area contributed by atoms with Crippen LogP contribution in [0.2, 0.25) is 0 Å². The Balaban J connectivity index is 1.80. The normalized spacial score (nSPS) is 16.9. The van der Waals surface area contributed by atoms with Crippen LogP contribution in [0.1, 0.15) is 30.1 Å². The second-order valence-corrected chi connectivity index (χ2v) is 4.77. The van der Waals surface area contributed by atoms with Crippen molar-refractivity contribution in [3.8, 4) is 0 Å². The van der Waals surface area contributed by atoms with Crippen molar-refractivity contribution in [1.82, 2.24) is 9.47 Å². The van der Waals surface area contributed by atoms with Gasteiger partial charge in [0.25, 0.3) is 0 Å². The van der Waals surface area contributed by atoms with Gasteiger partial charge in [-0.15, -0.1) is 0 Å². The Labute approximate surface area is 109 Å². The van der Waals surface area contributed by atoms with Crippen molar-refractivity contribution in [2.75, 3.05) is 32.8 Å². The molecule has 18 heavy (non-hydrogen) atoms. The second-order valence-electron chi connectivity index (χ2n) is 4.77. The van der Waals surface area contributed by atoms with Gasteiger partial charge in [0.2, 0.25) is 0 Å². The van der Waals surface area contributed by atoms with Crippen LogP contribution in [-0.2, 0) is 11.3 Å². The van der Waals surface area contributed by atoms with E-state index in [1.165, 1.54) is 0 Å². The highest BCUT2D eigenvalue weighted by Crippen LogP contribution is 2.07. The summed E-state index contributed by atoms with van der Waals surface area (Å²) in [5.41, 5.74) is 0.846. The first-order valence-electron chi connectivity index (χ1n) is 6.78. The summed E-state index contributed by atoms with van der Waals surface area (Å²) in [5, 5.41) is 0. The van der Waals surface area contributed by atoms with E-state index < -0.39 is 0 Å². The zero-order chi connectivity index (χ0) is 12.8. The van der Waals surface area contributed by atoms with Crippen LogP contribution >= 0.6 is 0 Å². The lowest BCUT2D eigenvalue weighted by molar-refractivity contribution is 0.0364. The number of hydrogen-bond donors (Lipinski definition) is 0. The number of carbonyl (C=O) groups excluding carboxylic acids is 1. The van der Waals surface area contributed by atoms with Crippen molar-refractivity contribution in [3.63, 3.8) is 0 Å². The Kier molecular flexibility index (Phi) is 4.96. The van der Waals surface area contributed by atoms with Crippen molar-refractivity contribution in [2.24, 2.45) is 0 Å². The molecule has 2 heterocycles. The number of ether oxygens (including phenoxy) is 1. The van der Waals surface area contributed by atoms with Crippen LogP contribution in [0.25, 0.3) is 0 Å². The molecule has 1 fully saturated rings. The molecule has 4 heteroatoms. The molecular weight excluding hydrogens is 228 g/mol. The fourth-order valence-corrected chi connectivity index (χ4v) is 2.20. The highest BCUT2D eigenvalue weighted by Gasteiger charge is 2.10. The summed E-state index contributed by atoms with van der Waals surface area (Å²) in [6.45, 7) is 7.72. The summed E-state index contributed by atoms with van der Waals surface area (Å²) in [4.78, 5) is 14.1. The molecule has 1 aromatic rings. The third-order valence-corrected chi connectivity index (χ3v) is 3.33. The van der Waals surface area contributed by atoms with Crippen LogP contribution in [0.3, 0.4) is 0 Å². The third kappa shape index (κ3) is 3.68. The molecule has 0 atom stereocenters.